The molecule has 0 spiro atoms. The first kappa shape index (κ1) is 10.9. The lowest BCUT2D eigenvalue weighted by Gasteiger charge is -2.24. The van der Waals surface area contributed by atoms with E-state index in [1.165, 1.54) is 12.2 Å². The summed E-state index contributed by atoms with van der Waals surface area (Å²) in [4.78, 5) is 5.68. The molecule has 90 valence electrons. The van der Waals surface area contributed by atoms with E-state index in [-0.39, 0.29) is 12.1 Å². The first-order valence-electron chi connectivity index (χ1n) is 5.25. The number of anilines is 1. The minimum atomic E-state index is -1.32. The summed E-state index contributed by atoms with van der Waals surface area (Å²) in [5.41, 5.74) is 0.0613. The van der Waals surface area contributed by atoms with Crippen LogP contribution >= 0.6 is 15.9 Å². The third-order valence-electron chi connectivity index (χ3n) is 2.84. The number of aromatic nitrogens is 3. The van der Waals surface area contributed by atoms with E-state index in [9.17, 15) is 8.78 Å². The van der Waals surface area contributed by atoms with E-state index in [0.717, 1.165) is 0 Å². The molecule has 4 nitrogen and oxygen atoms in total. The molecule has 0 radical (unpaired) electrons. The molecule has 1 aliphatic carbocycles. The summed E-state index contributed by atoms with van der Waals surface area (Å²) in [6.07, 6.45) is 1.69. The molecule has 0 saturated carbocycles. The van der Waals surface area contributed by atoms with Gasteiger partial charge in [-0.25, -0.2) is 13.5 Å². The van der Waals surface area contributed by atoms with Crippen LogP contribution in [0.5, 0.6) is 0 Å². The zero-order valence-corrected chi connectivity index (χ0v) is 10.4. The summed E-state index contributed by atoms with van der Waals surface area (Å²) in [5, 5.41) is 4.08. The van der Waals surface area contributed by atoms with Gasteiger partial charge in [-0.1, -0.05) is 6.08 Å². The van der Waals surface area contributed by atoms with Gasteiger partial charge in [-0.3, -0.25) is 0 Å². The number of alkyl halides is 1. The predicted octanol–water partition coefficient (Wildman–Crippen LogP) is 2.34. The Morgan fingerprint density at radius 3 is 3.00 bits per heavy atom. The third-order valence-corrected chi connectivity index (χ3v) is 3.18. The molecule has 0 amide bonds. The maximum atomic E-state index is 13.8. The first-order chi connectivity index (χ1) is 8.16. The lowest BCUT2D eigenvalue weighted by atomic mass is 10.1. The van der Waals surface area contributed by atoms with Crippen LogP contribution in [-0.4, -0.2) is 27.5 Å². The van der Waals surface area contributed by atoms with E-state index in [0.29, 0.717) is 23.8 Å². The maximum absolute atomic E-state index is 13.8. The Morgan fingerprint density at radius 2 is 2.24 bits per heavy atom. The fraction of sp³-hybridized carbons (Fsp3) is 0.400. The van der Waals surface area contributed by atoms with Crippen molar-refractivity contribution in [3.8, 4) is 0 Å². The van der Waals surface area contributed by atoms with Gasteiger partial charge in [0, 0.05) is 13.0 Å². The Morgan fingerprint density at radius 1 is 1.41 bits per heavy atom. The van der Waals surface area contributed by atoms with E-state index in [4.69, 9.17) is 0 Å². The SMILES string of the molecule is FC1=C(N2CCn3nc(Br)nc32)C(F)CC=C1. The van der Waals surface area contributed by atoms with Crippen molar-refractivity contribution >= 4 is 21.9 Å². The van der Waals surface area contributed by atoms with Crippen LogP contribution < -0.4 is 4.90 Å². The number of hydrogen-bond acceptors (Lipinski definition) is 3. The van der Waals surface area contributed by atoms with Gasteiger partial charge in [0.05, 0.1) is 12.2 Å². The molecule has 0 aromatic carbocycles. The van der Waals surface area contributed by atoms with Crippen molar-refractivity contribution in [2.24, 2.45) is 0 Å². The average molecular weight is 303 g/mol. The van der Waals surface area contributed by atoms with E-state index >= 15 is 0 Å². The Balaban J connectivity index is 2.03. The maximum Gasteiger partial charge on any atom is 0.229 e. The van der Waals surface area contributed by atoms with Crippen LogP contribution in [0.3, 0.4) is 0 Å². The first-order valence-corrected chi connectivity index (χ1v) is 6.04. The van der Waals surface area contributed by atoms with Crippen molar-refractivity contribution in [1.82, 2.24) is 14.8 Å². The standard InChI is InChI=1S/C10H9BrF2N4/c11-9-14-10-16(4-5-17(10)15-9)8-6(12)2-1-3-7(8)13/h1-2,7H,3-5H2. The molecule has 3 rings (SSSR count). The highest BCUT2D eigenvalue weighted by Crippen LogP contribution is 2.32. The Kier molecular flexibility index (Phi) is 2.50. The van der Waals surface area contributed by atoms with Gasteiger partial charge in [-0.2, -0.15) is 4.98 Å². The Hall–Kier alpha value is -1.24. The highest BCUT2D eigenvalue weighted by Gasteiger charge is 2.32. The number of nitrogens with zero attached hydrogens (tertiary/aromatic N) is 4. The van der Waals surface area contributed by atoms with Gasteiger partial charge in [-0.05, 0) is 22.0 Å². The number of allylic oxidation sites excluding steroid dienone is 4. The van der Waals surface area contributed by atoms with Crippen molar-refractivity contribution in [3.63, 3.8) is 0 Å². The molecule has 0 bridgehead atoms. The van der Waals surface area contributed by atoms with Crippen molar-refractivity contribution < 1.29 is 8.78 Å². The summed E-state index contributed by atoms with van der Waals surface area (Å²) in [6, 6.07) is 0. The van der Waals surface area contributed by atoms with Crippen molar-refractivity contribution in [2.45, 2.75) is 19.1 Å². The van der Waals surface area contributed by atoms with Gasteiger partial charge in [0.15, 0.2) is 0 Å². The van der Waals surface area contributed by atoms with Gasteiger partial charge in [0.2, 0.25) is 10.7 Å². The number of rotatable bonds is 1. The molecule has 0 N–H and O–H groups in total. The van der Waals surface area contributed by atoms with Crippen molar-refractivity contribution in [2.75, 3.05) is 11.4 Å². The molecule has 17 heavy (non-hydrogen) atoms. The molecule has 1 aromatic heterocycles. The molecule has 1 aliphatic heterocycles. The van der Waals surface area contributed by atoms with Crippen LogP contribution in [0, 0.1) is 0 Å². The van der Waals surface area contributed by atoms with Gasteiger partial charge in [0.25, 0.3) is 0 Å². The van der Waals surface area contributed by atoms with E-state index in [1.54, 1.807) is 9.58 Å². The number of hydrogen-bond donors (Lipinski definition) is 0. The molecular weight excluding hydrogens is 294 g/mol. The minimum absolute atomic E-state index is 0.0613. The predicted molar refractivity (Wildman–Crippen MR) is 61.9 cm³/mol. The summed E-state index contributed by atoms with van der Waals surface area (Å²) < 4.78 is 29.5. The topological polar surface area (TPSA) is 34.0 Å². The van der Waals surface area contributed by atoms with Gasteiger partial charge < -0.3 is 4.90 Å². The molecule has 0 fully saturated rings. The lowest BCUT2D eigenvalue weighted by Crippen LogP contribution is -2.29. The Bertz CT molecular complexity index is 522. The quantitative estimate of drug-likeness (QED) is 0.798. The fourth-order valence-corrected chi connectivity index (χ4v) is 2.47. The van der Waals surface area contributed by atoms with Gasteiger partial charge >= 0.3 is 0 Å². The zero-order valence-electron chi connectivity index (χ0n) is 8.78. The summed E-state index contributed by atoms with van der Waals surface area (Å²) in [7, 11) is 0. The summed E-state index contributed by atoms with van der Waals surface area (Å²) >= 11 is 3.15. The number of fused-ring (bicyclic) bond motifs is 1. The van der Waals surface area contributed by atoms with Crippen molar-refractivity contribution in [1.29, 1.82) is 0 Å². The van der Waals surface area contributed by atoms with Crippen molar-refractivity contribution in [3.05, 3.63) is 28.4 Å². The van der Waals surface area contributed by atoms with Crippen LogP contribution in [0.15, 0.2) is 28.4 Å². The molecule has 0 saturated heterocycles. The monoisotopic (exact) mass is 302 g/mol. The van der Waals surface area contributed by atoms with Crippen LogP contribution in [0.1, 0.15) is 6.42 Å². The van der Waals surface area contributed by atoms with E-state index in [1.807, 2.05) is 0 Å². The zero-order chi connectivity index (χ0) is 12.0. The largest absolute Gasteiger partial charge is 0.307 e. The fourth-order valence-electron chi connectivity index (χ4n) is 2.12. The minimum Gasteiger partial charge on any atom is -0.307 e. The van der Waals surface area contributed by atoms with Crippen LogP contribution in [0.4, 0.5) is 14.7 Å². The van der Waals surface area contributed by atoms with E-state index < -0.39 is 12.0 Å². The average Bonchev–Trinajstić information content (AvgIpc) is 2.78. The second kappa shape index (κ2) is 3.90. The normalized spacial score (nSPS) is 23.5. The second-order valence-electron chi connectivity index (χ2n) is 3.89. The summed E-state index contributed by atoms with van der Waals surface area (Å²) in [6.45, 7) is 1.08. The molecular formula is C10H9BrF2N4. The summed E-state index contributed by atoms with van der Waals surface area (Å²) in [5.74, 6) is -0.0451. The molecule has 1 atom stereocenters. The lowest BCUT2D eigenvalue weighted by molar-refractivity contribution is 0.363. The molecule has 1 aromatic rings. The molecule has 1 unspecified atom stereocenters. The van der Waals surface area contributed by atoms with Crippen LogP contribution in [0.2, 0.25) is 0 Å². The van der Waals surface area contributed by atoms with Gasteiger partial charge in [-0.15, -0.1) is 5.10 Å². The molecule has 2 aliphatic rings. The smallest absolute Gasteiger partial charge is 0.229 e. The molecule has 7 heteroatoms. The Labute approximate surface area is 105 Å². The van der Waals surface area contributed by atoms with Crippen LogP contribution in [0.25, 0.3) is 0 Å². The van der Waals surface area contributed by atoms with E-state index in [2.05, 4.69) is 26.0 Å². The third kappa shape index (κ3) is 1.69. The number of halogens is 3. The highest BCUT2D eigenvalue weighted by molar-refractivity contribution is 9.10. The van der Waals surface area contributed by atoms with Gasteiger partial charge in [0.1, 0.15) is 12.0 Å². The highest BCUT2D eigenvalue weighted by atomic mass is 79.9. The second-order valence-corrected chi connectivity index (χ2v) is 4.60. The van der Waals surface area contributed by atoms with Crippen LogP contribution in [-0.2, 0) is 6.54 Å². The molecule has 2 heterocycles.